The van der Waals surface area contributed by atoms with E-state index in [0.29, 0.717) is 25.2 Å². The average molecular weight is 411 g/mol. The summed E-state index contributed by atoms with van der Waals surface area (Å²) >= 11 is 0. The molecule has 0 spiro atoms. The highest BCUT2D eigenvalue weighted by Crippen LogP contribution is 2.34. The van der Waals surface area contributed by atoms with Crippen LogP contribution in [-0.4, -0.2) is 48.5 Å². The lowest BCUT2D eigenvalue weighted by atomic mass is 10.1. The maximum atomic E-state index is 12.7. The molecule has 27 heavy (non-hydrogen) atoms. The highest BCUT2D eigenvalue weighted by Gasteiger charge is 2.33. The van der Waals surface area contributed by atoms with Crippen molar-refractivity contribution in [3.8, 4) is 0 Å². The number of anilines is 1. The van der Waals surface area contributed by atoms with E-state index in [2.05, 4.69) is 10.6 Å². The van der Waals surface area contributed by atoms with Crippen molar-refractivity contribution in [2.24, 2.45) is 0 Å². The number of alkyl halides is 3. The van der Waals surface area contributed by atoms with Crippen LogP contribution in [-0.2, 0) is 11.0 Å². The van der Waals surface area contributed by atoms with Gasteiger partial charge in [-0.3, -0.25) is 14.9 Å². The molecule has 0 atom stereocenters. The van der Waals surface area contributed by atoms with E-state index in [0.717, 1.165) is 25.0 Å². The largest absolute Gasteiger partial charge is 0.416 e. The predicted octanol–water partition coefficient (Wildman–Crippen LogP) is 3.05. The molecule has 0 radical (unpaired) electrons. The van der Waals surface area contributed by atoms with Crippen LogP contribution >= 0.6 is 12.4 Å². The van der Waals surface area contributed by atoms with Crippen LogP contribution in [0.5, 0.6) is 0 Å². The molecule has 1 aromatic rings. The molecule has 1 aromatic carbocycles. The molecular formula is C16H22ClF3N4O3. The third-order valence-corrected chi connectivity index (χ3v) is 4.43. The lowest BCUT2D eigenvalue weighted by molar-refractivity contribution is -0.384. The van der Waals surface area contributed by atoms with Gasteiger partial charge in [0.15, 0.2) is 0 Å². The van der Waals surface area contributed by atoms with E-state index in [4.69, 9.17) is 0 Å². The number of nitrogens with one attached hydrogen (secondary N) is 2. The Kier molecular flexibility index (Phi) is 8.29. The number of hydrogen-bond donors (Lipinski definition) is 2. The third-order valence-electron chi connectivity index (χ3n) is 4.43. The van der Waals surface area contributed by atoms with Crippen molar-refractivity contribution in [2.45, 2.75) is 31.5 Å². The Balaban J connectivity index is 0.00000364. The van der Waals surface area contributed by atoms with Crippen molar-refractivity contribution in [3.63, 3.8) is 0 Å². The number of nitro benzene ring substituents is 1. The van der Waals surface area contributed by atoms with Crippen molar-refractivity contribution < 1.29 is 22.9 Å². The van der Waals surface area contributed by atoms with Crippen molar-refractivity contribution in [1.82, 2.24) is 10.2 Å². The van der Waals surface area contributed by atoms with E-state index in [-0.39, 0.29) is 37.0 Å². The molecule has 1 fully saturated rings. The minimum Gasteiger partial charge on any atom is -0.379 e. The lowest BCUT2D eigenvalue weighted by Gasteiger charge is -2.31. The zero-order valence-electron chi connectivity index (χ0n) is 14.7. The van der Waals surface area contributed by atoms with E-state index in [1.807, 2.05) is 7.05 Å². The highest BCUT2D eigenvalue weighted by molar-refractivity contribution is 5.85. The van der Waals surface area contributed by atoms with Gasteiger partial charge in [-0.05, 0) is 32.0 Å². The second-order valence-corrected chi connectivity index (χ2v) is 6.11. The summed E-state index contributed by atoms with van der Waals surface area (Å²) in [5.41, 5.74) is -1.79. The summed E-state index contributed by atoms with van der Waals surface area (Å²) in [6.07, 6.45) is -2.82. The summed E-state index contributed by atoms with van der Waals surface area (Å²) in [4.78, 5) is 24.1. The smallest absolute Gasteiger partial charge is 0.379 e. The molecule has 2 rings (SSSR count). The summed E-state index contributed by atoms with van der Waals surface area (Å²) in [7, 11) is 1.88. The minimum absolute atomic E-state index is 0. The van der Waals surface area contributed by atoms with Gasteiger partial charge in [-0.2, -0.15) is 13.2 Å². The van der Waals surface area contributed by atoms with Gasteiger partial charge in [-0.15, -0.1) is 12.4 Å². The summed E-state index contributed by atoms with van der Waals surface area (Å²) in [5, 5.41) is 16.9. The molecule has 1 saturated heterocycles. The van der Waals surface area contributed by atoms with Crippen molar-refractivity contribution >= 4 is 29.7 Å². The number of carbonyl (C=O) groups is 1. The van der Waals surface area contributed by atoms with Gasteiger partial charge in [0.05, 0.1) is 10.5 Å². The fourth-order valence-corrected chi connectivity index (χ4v) is 2.89. The Hall–Kier alpha value is -2.07. The van der Waals surface area contributed by atoms with Crippen molar-refractivity contribution in [1.29, 1.82) is 0 Å². The fraction of sp³-hybridized carbons (Fsp3) is 0.562. The number of halogens is 4. The predicted molar refractivity (Wildman–Crippen MR) is 97.1 cm³/mol. The van der Waals surface area contributed by atoms with Gasteiger partial charge in [-0.1, -0.05) is 0 Å². The molecular weight excluding hydrogens is 389 g/mol. The first kappa shape index (κ1) is 23.0. The quantitative estimate of drug-likeness (QED) is 0.556. The molecule has 0 aliphatic carbocycles. The van der Waals surface area contributed by atoms with Gasteiger partial charge in [0.1, 0.15) is 5.69 Å². The van der Waals surface area contributed by atoms with Crippen LogP contribution in [0.3, 0.4) is 0 Å². The molecule has 11 heteroatoms. The van der Waals surface area contributed by atoms with E-state index in [1.165, 1.54) is 0 Å². The normalized spacial score (nSPS) is 15.2. The number of hydrogen-bond acceptors (Lipinski definition) is 5. The maximum absolute atomic E-state index is 12.7. The number of nitrogens with zero attached hydrogens (tertiary/aromatic N) is 2. The van der Waals surface area contributed by atoms with Crippen LogP contribution in [0.25, 0.3) is 0 Å². The topological polar surface area (TPSA) is 87.5 Å². The second-order valence-electron chi connectivity index (χ2n) is 6.11. The molecule has 1 aliphatic heterocycles. The molecule has 0 bridgehead atoms. The lowest BCUT2D eigenvalue weighted by Crippen LogP contribution is -2.44. The zero-order valence-corrected chi connectivity index (χ0v) is 15.5. The van der Waals surface area contributed by atoms with Gasteiger partial charge < -0.3 is 15.5 Å². The molecule has 2 N–H and O–H groups in total. The minimum atomic E-state index is -4.65. The Labute approximate surface area is 160 Å². The van der Waals surface area contributed by atoms with Crippen LogP contribution in [0.1, 0.15) is 24.8 Å². The number of likely N-dealkylation sites (tertiary alicyclic amines) is 1. The van der Waals surface area contributed by atoms with Crippen LogP contribution in [0, 0.1) is 10.1 Å². The van der Waals surface area contributed by atoms with Gasteiger partial charge in [0.2, 0.25) is 5.91 Å². The van der Waals surface area contributed by atoms with E-state index in [9.17, 15) is 28.1 Å². The van der Waals surface area contributed by atoms with Crippen LogP contribution in [0.15, 0.2) is 18.2 Å². The summed E-state index contributed by atoms with van der Waals surface area (Å²) in [6.45, 7) is 1.40. The summed E-state index contributed by atoms with van der Waals surface area (Å²) < 4.78 is 38.0. The monoisotopic (exact) mass is 410 g/mol. The van der Waals surface area contributed by atoms with Gasteiger partial charge in [0, 0.05) is 38.2 Å². The number of benzene rings is 1. The standard InChI is InChI=1S/C16H21F3N4O3.ClH/c1-20-12-5-8-22(9-6-12)15(24)4-7-21-13-3-2-11(16(17,18)19)10-14(13)23(25)26;/h2-3,10,12,20-21H,4-9H2,1H3;1H. The summed E-state index contributed by atoms with van der Waals surface area (Å²) in [5.74, 6) is -0.0818. The number of nitro groups is 1. The fourth-order valence-electron chi connectivity index (χ4n) is 2.89. The molecule has 0 aromatic heterocycles. The van der Waals surface area contributed by atoms with Crippen molar-refractivity contribution in [3.05, 3.63) is 33.9 Å². The third kappa shape index (κ3) is 6.24. The zero-order chi connectivity index (χ0) is 19.3. The van der Waals surface area contributed by atoms with Crippen LogP contribution in [0.4, 0.5) is 24.5 Å². The first-order valence-corrected chi connectivity index (χ1v) is 8.27. The van der Waals surface area contributed by atoms with Crippen LogP contribution in [0.2, 0.25) is 0 Å². The number of rotatable bonds is 6. The number of piperidine rings is 1. The Morgan fingerprint density at radius 2 is 1.96 bits per heavy atom. The average Bonchev–Trinajstić information content (AvgIpc) is 2.60. The highest BCUT2D eigenvalue weighted by atomic mass is 35.5. The second kappa shape index (κ2) is 9.75. The molecule has 1 amide bonds. The molecule has 152 valence electrons. The first-order valence-electron chi connectivity index (χ1n) is 8.27. The van der Waals surface area contributed by atoms with E-state index < -0.39 is 22.4 Å². The van der Waals surface area contributed by atoms with Gasteiger partial charge in [0.25, 0.3) is 5.69 Å². The van der Waals surface area contributed by atoms with Gasteiger partial charge in [-0.25, -0.2) is 0 Å². The summed E-state index contributed by atoms with van der Waals surface area (Å²) in [6, 6.07) is 2.68. The Morgan fingerprint density at radius 3 is 2.48 bits per heavy atom. The maximum Gasteiger partial charge on any atom is 0.416 e. The molecule has 7 nitrogen and oxygen atoms in total. The van der Waals surface area contributed by atoms with E-state index in [1.54, 1.807) is 4.90 Å². The first-order chi connectivity index (χ1) is 12.2. The number of amides is 1. The molecule has 0 unspecified atom stereocenters. The van der Waals surface area contributed by atoms with Crippen molar-refractivity contribution in [2.75, 3.05) is 32.0 Å². The molecule has 1 aliphatic rings. The number of carbonyl (C=O) groups excluding carboxylic acids is 1. The Bertz CT molecular complexity index is 665. The van der Waals surface area contributed by atoms with E-state index >= 15 is 0 Å². The Morgan fingerprint density at radius 1 is 1.33 bits per heavy atom. The van der Waals surface area contributed by atoms with Crippen LogP contribution < -0.4 is 10.6 Å². The van der Waals surface area contributed by atoms with Gasteiger partial charge >= 0.3 is 6.18 Å². The molecule has 1 heterocycles. The SMILES string of the molecule is CNC1CCN(C(=O)CCNc2ccc(C(F)(F)F)cc2[N+](=O)[O-])CC1.Cl. The molecule has 0 saturated carbocycles.